The Bertz CT molecular complexity index is 429. The number of nitrogens with one attached hydrogen (secondary N) is 2. The van der Waals surface area contributed by atoms with Gasteiger partial charge in [0.15, 0.2) is 5.03 Å². The third kappa shape index (κ3) is 2.26. The molecule has 1 aliphatic carbocycles. The second-order valence-corrected chi connectivity index (χ2v) is 5.70. The monoisotopic (exact) mass is 245 g/mol. The molecule has 0 amide bonds. The molecule has 0 aromatic carbocycles. The lowest BCUT2D eigenvalue weighted by Crippen LogP contribution is -2.38. The molecule has 2 atom stereocenters. The minimum absolute atomic E-state index is 0.0240. The number of aliphatic hydroxyl groups excluding tert-OH is 1. The maximum Gasteiger partial charge on any atom is 0.257 e. The van der Waals surface area contributed by atoms with Gasteiger partial charge in [0.2, 0.25) is 0 Å². The molecule has 1 aromatic rings. The normalized spacial score (nSPS) is 26.1. The van der Waals surface area contributed by atoms with E-state index in [-0.39, 0.29) is 23.6 Å². The van der Waals surface area contributed by atoms with Crippen molar-refractivity contribution in [2.45, 2.75) is 30.3 Å². The highest BCUT2D eigenvalue weighted by atomic mass is 32.2. The van der Waals surface area contributed by atoms with Crippen molar-refractivity contribution in [3.8, 4) is 0 Å². The molecule has 2 unspecified atom stereocenters. The van der Waals surface area contributed by atoms with Gasteiger partial charge in [-0.1, -0.05) is 6.42 Å². The largest absolute Gasteiger partial charge is 0.396 e. The molecule has 0 aliphatic heterocycles. The van der Waals surface area contributed by atoms with Crippen molar-refractivity contribution in [2.75, 3.05) is 6.61 Å². The number of rotatable bonds is 4. The standard InChI is InChI=1S/C9H15N3O3S/c13-5-7-2-1-3-8(7)12-16(14,15)9-4-10-6-11-9/h4,6-8,12-13H,1-3,5H2,(H,10,11). The first-order chi connectivity index (χ1) is 7.63. The number of H-pyrrole nitrogens is 1. The molecule has 0 spiro atoms. The van der Waals surface area contributed by atoms with Crippen LogP contribution in [0.4, 0.5) is 0 Å². The van der Waals surface area contributed by atoms with Crippen LogP contribution in [0, 0.1) is 5.92 Å². The quantitative estimate of drug-likeness (QED) is 0.687. The average molecular weight is 245 g/mol. The van der Waals surface area contributed by atoms with Crippen LogP contribution in [0.25, 0.3) is 0 Å². The Morgan fingerprint density at radius 3 is 3.00 bits per heavy atom. The number of aromatic nitrogens is 2. The fourth-order valence-corrected chi connectivity index (χ4v) is 3.31. The molecule has 0 bridgehead atoms. The number of imidazole rings is 1. The van der Waals surface area contributed by atoms with E-state index in [4.69, 9.17) is 5.11 Å². The molecule has 3 N–H and O–H groups in total. The second kappa shape index (κ2) is 4.52. The molecule has 16 heavy (non-hydrogen) atoms. The van der Waals surface area contributed by atoms with Gasteiger partial charge in [0.05, 0.1) is 12.5 Å². The molecule has 2 rings (SSSR count). The van der Waals surface area contributed by atoms with E-state index in [9.17, 15) is 8.42 Å². The lowest BCUT2D eigenvalue weighted by Gasteiger charge is -2.18. The molecule has 90 valence electrons. The smallest absolute Gasteiger partial charge is 0.257 e. The Hall–Kier alpha value is -0.920. The van der Waals surface area contributed by atoms with E-state index < -0.39 is 10.0 Å². The second-order valence-electron chi connectivity index (χ2n) is 4.02. The summed E-state index contributed by atoms with van der Waals surface area (Å²) in [6.07, 6.45) is 5.19. The van der Waals surface area contributed by atoms with Crippen LogP contribution in [-0.4, -0.2) is 36.1 Å². The van der Waals surface area contributed by atoms with Crippen LogP contribution in [0.5, 0.6) is 0 Å². The summed E-state index contributed by atoms with van der Waals surface area (Å²) in [5.74, 6) is 0.0256. The lowest BCUT2D eigenvalue weighted by atomic mass is 10.1. The molecule has 1 saturated carbocycles. The van der Waals surface area contributed by atoms with Crippen molar-refractivity contribution in [1.29, 1.82) is 0 Å². The summed E-state index contributed by atoms with van der Waals surface area (Å²) in [5.41, 5.74) is 0. The number of sulfonamides is 1. The van der Waals surface area contributed by atoms with Gasteiger partial charge in [0.25, 0.3) is 10.0 Å². The molecule has 1 heterocycles. The Morgan fingerprint density at radius 1 is 1.56 bits per heavy atom. The van der Waals surface area contributed by atoms with Crippen LogP contribution in [0.3, 0.4) is 0 Å². The van der Waals surface area contributed by atoms with E-state index in [1.54, 1.807) is 0 Å². The Labute approximate surface area is 94.1 Å². The van der Waals surface area contributed by atoms with E-state index in [0.717, 1.165) is 19.3 Å². The zero-order valence-electron chi connectivity index (χ0n) is 8.76. The predicted molar refractivity (Wildman–Crippen MR) is 57.1 cm³/mol. The van der Waals surface area contributed by atoms with Gasteiger partial charge in [-0.25, -0.2) is 18.1 Å². The summed E-state index contributed by atoms with van der Waals surface area (Å²) < 4.78 is 26.3. The highest BCUT2D eigenvalue weighted by molar-refractivity contribution is 7.89. The minimum Gasteiger partial charge on any atom is -0.396 e. The first-order valence-corrected chi connectivity index (χ1v) is 6.73. The average Bonchev–Trinajstić information content (AvgIpc) is 2.86. The summed E-state index contributed by atoms with van der Waals surface area (Å²) in [6, 6.07) is -0.168. The van der Waals surface area contributed by atoms with Gasteiger partial charge in [0, 0.05) is 12.6 Å². The van der Waals surface area contributed by atoms with Gasteiger partial charge >= 0.3 is 0 Å². The van der Waals surface area contributed by atoms with Gasteiger partial charge in [-0.2, -0.15) is 0 Å². The third-order valence-electron chi connectivity index (χ3n) is 2.96. The summed E-state index contributed by atoms with van der Waals surface area (Å²) >= 11 is 0. The molecule has 1 fully saturated rings. The van der Waals surface area contributed by atoms with Crippen LogP contribution < -0.4 is 4.72 Å². The van der Waals surface area contributed by atoms with E-state index in [0.29, 0.717) is 0 Å². The van der Waals surface area contributed by atoms with Gasteiger partial charge < -0.3 is 10.1 Å². The van der Waals surface area contributed by atoms with E-state index in [1.165, 1.54) is 12.5 Å². The molecule has 1 aromatic heterocycles. The van der Waals surface area contributed by atoms with Gasteiger partial charge in [-0.15, -0.1) is 0 Å². The topological polar surface area (TPSA) is 95.1 Å². The van der Waals surface area contributed by atoms with Crippen molar-refractivity contribution in [2.24, 2.45) is 5.92 Å². The van der Waals surface area contributed by atoms with E-state index in [2.05, 4.69) is 14.7 Å². The maximum atomic E-state index is 11.8. The number of hydrogen-bond donors (Lipinski definition) is 3. The van der Waals surface area contributed by atoms with Crippen LogP contribution >= 0.6 is 0 Å². The van der Waals surface area contributed by atoms with Gasteiger partial charge in [-0.3, -0.25) is 0 Å². The molecule has 7 heteroatoms. The number of nitrogens with zero attached hydrogens (tertiary/aromatic N) is 1. The highest BCUT2D eigenvalue weighted by Crippen LogP contribution is 2.26. The SMILES string of the molecule is O=S(=O)(NC1CCCC1CO)c1cnc[nH]1. The number of aromatic amines is 1. The van der Waals surface area contributed by atoms with Crippen molar-refractivity contribution < 1.29 is 13.5 Å². The highest BCUT2D eigenvalue weighted by Gasteiger charge is 2.31. The zero-order valence-corrected chi connectivity index (χ0v) is 9.57. The van der Waals surface area contributed by atoms with Crippen molar-refractivity contribution in [1.82, 2.24) is 14.7 Å². The summed E-state index contributed by atoms with van der Waals surface area (Å²) in [5, 5.41) is 9.17. The number of hydrogen-bond acceptors (Lipinski definition) is 4. The third-order valence-corrected chi connectivity index (χ3v) is 4.38. The Morgan fingerprint density at radius 2 is 2.38 bits per heavy atom. The molecular formula is C9H15N3O3S. The predicted octanol–water partition coefficient (Wildman–Crippen LogP) is -0.151. The zero-order chi connectivity index (χ0) is 11.6. The van der Waals surface area contributed by atoms with Crippen molar-refractivity contribution in [3.63, 3.8) is 0 Å². The Kier molecular flexibility index (Phi) is 3.27. The van der Waals surface area contributed by atoms with Gasteiger partial charge in [-0.05, 0) is 18.8 Å². The van der Waals surface area contributed by atoms with E-state index >= 15 is 0 Å². The summed E-state index contributed by atoms with van der Waals surface area (Å²) in [4.78, 5) is 6.24. The summed E-state index contributed by atoms with van der Waals surface area (Å²) in [7, 11) is -3.52. The maximum absolute atomic E-state index is 11.8. The fourth-order valence-electron chi connectivity index (χ4n) is 2.06. The molecular weight excluding hydrogens is 230 g/mol. The van der Waals surface area contributed by atoms with Crippen LogP contribution in [-0.2, 0) is 10.0 Å². The van der Waals surface area contributed by atoms with Crippen LogP contribution in [0.15, 0.2) is 17.6 Å². The first kappa shape index (κ1) is 11.6. The number of aliphatic hydroxyl groups is 1. The fraction of sp³-hybridized carbons (Fsp3) is 0.667. The van der Waals surface area contributed by atoms with Crippen LogP contribution in [0.2, 0.25) is 0 Å². The molecule has 0 radical (unpaired) electrons. The summed E-state index contributed by atoms with van der Waals surface area (Å²) in [6.45, 7) is 0.0240. The lowest BCUT2D eigenvalue weighted by molar-refractivity contribution is 0.213. The minimum atomic E-state index is -3.52. The van der Waals surface area contributed by atoms with Gasteiger partial charge in [0.1, 0.15) is 0 Å². The van der Waals surface area contributed by atoms with Crippen LogP contribution in [0.1, 0.15) is 19.3 Å². The van der Waals surface area contributed by atoms with E-state index in [1.807, 2.05) is 0 Å². The molecule has 0 saturated heterocycles. The molecule has 1 aliphatic rings. The first-order valence-electron chi connectivity index (χ1n) is 5.25. The van der Waals surface area contributed by atoms with Crippen molar-refractivity contribution >= 4 is 10.0 Å². The van der Waals surface area contributed by atoms with Crippen molar-refractivity contribution in [3.05, 3.63) is 12.5 Å². The Balaban J connectivity index is 2.10. The molecule has 6 nitrogen and oxygen atoms in total.